The third-order valence-electron chi connectivity index (χ3n) is 5.24. The van der Waals surface area contributed by atoms with E-state index in [0.717, 1.165) is 12.8 Å². The number of nitrogens with one attached hydrogen (secondary N) is 1. The van der Waals surface area contributed by atoms with E-state index in [-0.39, 0.29) is 24.0 Å². The van der Waals surface area contributed by atoms with Gasteiger partial charge in [0.05, 0.1) is 18.7 Å². The topological polar surface area (TPSA) is 118 Å². The van der Waals surface area contributed by atoms with Crippen LogP contribution in [0, 0.1) is 5.92 Å². The van der Waals surface area contributed by atoms with Crippen LogP contribution in [0.25, 0.3) is 0 Å². The Morgan fingerprint density at radius 1 is 1.38 bits per heavy atom. The molecule has 9 nitrogen and oxygen atoms in total. The van der Waals surface area contributed by atoms with E-state index in [1.54, 1.807) is 29.4 Å². The molecule has 0 radical (unpaired) electrons. The maximum atomic E-state index is 12.1. The van der Waals surface area contributed by atoms with Gasteiger partial charge in [0.15, 0.2) is 0 Å². The summed E-state index contributed by atoms with van der Waals surface area (Å²) in [5.41, 5.74) is 0.331. The summed E-state index contributed by atoms with van der Waals surface area (Å²) in [6, 6.07) is 3.49. The quantitative estimate of drug-likeness (QED) is 0.632. The molecule has 2 N–H and O–H groups in total. The number of hydrogen-bond donors (Lipinski definition) is 2. The molecule has 178 valence electrons. The van der Waals surface area contributed by atoms with Gasteiger partial charge in [-0.05, 0) is 37.8 Å². The summed E-state index contributed by atoms with van der Waals surface area (Å²) in [7, 11) is 0. The Hall–Kier alpha value is -2.73. The molecular formula is C20H26F3N3O6. The van der Waals surface area contributed by atoms with Gasteiger partial charge in [0.1, 0.15) is 12.2 Å². The summed E-state index contributed by atoms with van der Waals surface area (Å²) < 4.78 is 42.9. The molecule has 2 saturated heterocycles. The molecule has 1 unspecified atom stereocenters. The summed E-state index contributed by atoms with van der Waals surface area (Å²) in [4.78, 5) is 38.7. The van der Waals surface area contributed by atoms with Gasteiger partial charge in [-0.3, -0.25) is 14.6 Å². The fraction of sp³-hybridized carbons (Fsp3) is 0.600. The molecule has 2 aliphatic heterocycles. The fourth-order valence-corrected chi connectivity index (χ4v) is 3.56. The van der Waals surface area contributed by atoms with Crippen molar-refractivity contribution in [2.24, 2.45) is 5.92 Å². The molecule has 32 heavy (non-hydrogen) atoms. The van der Waals surface area contributed by atoms with Crippen molar-refractivity contribution in [3.8, 4) is 0 Å². The van der Waals surface area contributed by atoms with Gasteiger partial charge < -0.3 is 24.8 Å². The molecule has 1 aromatic rings. The zero-order valence-electron chi connectivity index (χ0n) is 17.6. The Morgan fingerprint density at radius 3 is 2.62 bits per heavy atom. The number of carbonyl (C=O) groups is 3. The van der Waals surface area contributed by atoms with E-state index in [2.05, 4.69) is 10.3 Å². The highest BCUT2D eigenvalue weighted by Gasteiger charge is 2.53. The first-order valence-electron chi connectivity index (χ1n) is 10.1. The molecule has 3 heterocycles. The number of ether oxygens (including phenoxy) is 2. The van der Waals surface area contributed by atoms with Crippen molar-refractivity contribution in [3.05, 3.63) is 30.1 Å². The SMILES string of the molecule is CCOCC(=O)N1CC2(C1)OCCC2CCNC(=O)c1cccnc1.O=C(O)C(F)(F)F. The van der Waals surface area contributed by atoms with Gasteiger partial charge in [-0.15, -0.1) is 0 Å². The molecule has 2 fully saturated rings. The van der Waals surface area contributed by atoms with Gasteiger partial charge in [-0.2, -0.15) is 13.2 Å². The van der Waals surface area contributed by atoms with Gasteiger partial charge in [0.25, 0.3) is 5.91 Å². The van der Waals surface area contributed by atoms with Crippen LogP contribution < -0.4 is 5.32 Å². The number of alkyl halides is 3. The number of carboxylic acid groups (broad SMARTS) is 1. The van der Waals surface area contributed by atoms with Crippen molar-refractivity contribution < 1.29 is 42.1 Å². The Balaban J connectivity index is 0.000000451. The van der Waals surface area contributed by atoms with Crippen LogP contribution in [0.5, 0.6) is 0 Å². The van der Waals surface area contributed by atoms with Crippen molar-refractivity contribution >= 4 is 17.8 Å². The van der Waals surface area contributed by atoms with Crippen molar-refractivity contribution in [2.75, 3.05) is 39.5 Å². The number of aromatic nitrogens is 1. The van der Waals surface area contributed by atoms with Crippen LogP contribution >= 0.6 is 0 Å². The minimum absolute atomic E-state index is 0.0200. The number of pyridine rings is 1. The van der Waals surface area contributed by atoms with Crippen LogP contribution in [-0.4, -0.2) is 84.0 Å². The molecule has 0 bridgehead atoms. The Morgan fingerprint density at radius 2 is 2.06 bits per heavy atom. The average molecular weight is 461 g/mol. The molecule has 2 aliphatic rings. The van der Waals surface area contributed by atoms with Gasteiger partial charge >= 0.3 is 12.1 Å². The molecule has 0 aliphatic carbocycles. The number of carboxylic acids is 1. The summed E-state index contributed by atoms with van der Waals surface area (Å²) in [5, 5.41) is 10.1. The highest BCUT2D eigenvalue weighted by Crippen LogP contribution is 2.41. The highest BCUT2D eigenvalue weighted by atomic mass is 19.4. The minimum Gasteiger partial charge on any atom is -0.475 e. The van der Waals surface area contributed by atoms with Crippen LogP contribution in [0.1, 0.15) is 30.1 Å². The molecule has 1 aromatic heterocycles. The Kier molecular flexibility index (Phi) is 8.96. The molecule has 1 atom stereocenters. The highest BCUT2D eigenvalue weighted by molar-refractivity contribution is 5.93. The lowest BCUT2D eigenvalue weighted by molar-refractivity contribution is -0.192. The normalized spacial score (nSPS) is 19.0. The Labute approximate surface area is 182 Å². The van der Waals surface area contributed by atoms with Gasteiger partial charge in [-0.25, -0.2) is 4.79 Å². The van der Waals surface area contributed by atoms with Crippen molar-refractivity contribution in [1.29, 1.82) is 0 Å². The van der Waals surface area contributed by atoms with E-state index in [4.69, 9.17) is 19.4 Å². The van der Waals surface area contributed by atoms with Gasteiger partial charge in [0.2, 0.25) is 5.91 Å². The number of likely N-dealkylation sites (tertiary alicyclic amines) is 1. The maximum Gasteiger partial charge on any atom is 0.490 e. The zero-order chi connectivity index (χ0) is 23.8. The zero-order valence-corrected chi connectivity index (χ0v) is 17.6. The molecular weight excluding hydrogens is 435 g/mol. The number of rotatable bonds is 7. The molecule has 0 saturated carbocycles. The molecule has 0 aromatic carbocycles. The van der Waals surface area contributed by atoms with Crippen molar-refractivity contribution in [1.82, 2.24) is 15.2 Å². The van der Waals surface area contributed by atoms with Crippen LogP contribution in [0.2, 0.25) is 0 Å². The second-order valence-corrected chi connectivity index (χ2v) is 7.37. The molecule has 2 amide bonds. The lowest BCUT2D eigenvalue weighted by atomic mass is 9.79. The lowest BCUT2D eigenvalue weighted by Gasteiger charge is -2.50. The van der Waals surface area contributed by atoms with E-state index in [1.165, 1.54) is 0 Å². The van der Waals surface area contributed by atoms with Crippen molar-refractivity contribution in [2.45, 2.75) is 31.5 Å². The monoisotopic (exact) mass is 461 g/mol. The van der Waals surface area contributed by atoms with E-state index in [1.807, 2.05) is 6.92 Å². The van der Waals surface area contributed by atoms with E-state index in [0.29, 0.717) is 44.3 Å². The first-order chi connectivity index (χ1) is 15.1. The van der Waals surface area contributed by atoms with E-state index in [9.17, 15) is 22.8 Å². The number of aliphatic carboxylic acids is 1. The largest absolute Gasteiger partial charge is 0.490 e. The van der Waals surface area contributed by atoms with Crippen LogP contribution in [0.15, 0.2) is 24.5 Å². The van der Waals surface area contributed by atoms with Crippen LogP contribution in [-0.2, 0) is 19.1 Å². The average Bonchev–Trinajstić information content (AvgIpc) is 3.15. The van der Waals surface area contributed by atoms with Crippen LogP contribution in [0.4, 0.5) is 13.2 Å². The summed E-state index contributed by atoms with van der Waals surface area (Å²) in [5.74, 6) is -2.49. The summed E-state index contributed by atoms with van der Waals surface area (Å²) in [6.07, 6.45) is -0.0648. The third kappa shape index (κ3) is 6.89. The second-order valence-electron chi connectivity index (χ2n) is 7.37. The van der Waals surface area contributed by atoms with Gasteiger partial charge in [0, 0.05) is 32.2 Å². The number of carbonyl (C=O) groups excluding carboxylic acids is 2. The van der Waals surface area contributed by atoms with Gasteiger partial charge in [-0.1, -0.05) is 0 Å². The van der Waals surface area contributed by atoms with E-state index < -0.39 is 12.1 Å². The van der Waals surface area contributed by atoms with Crippen LogP contribution in [0.3, 0.4) is 0 Å². The third-order valence-corrected chi connectivity index (χ3v) is 5.24. The number of hydrogen-bond acceptors (Lipinski definition) is 6. The first kappa shape index (κ1) is 25.5. The van der Waals surface area contributed by atoms with E-state index >= 15 is 0 Å². The van der Waals surface area contributed by atoms with Crippen molar-refractivity contribution in [3.63, 3.8) is 0 Å². The number of amides is 2. The Bertz CT molecular complexity index is 785. The lowest BCUT2D eigenvalue weighted by Crippen LogP contribution is -2.66. The maximum absolute atomic E-state index is 12.1. The molecule has 3 rings (SSSR count). The summed E-state index contributed by atoms with van der Waals surface area (Å²) >= 11 is 0. The fourth-order valence-electron chi connectivity index (χ4n) is 3.56. The predicted octanol–water partition coefficient (Wildman–Crippen LogP) is 1.49. The number of nitrogens with zero attached hydrogens (tertiary/aromatic N) is 2. The standard InChI is InChI=1S/C18H25N3O4.C2HF3O2/c1-2-24-11-16(22)21-12-18(13-21)15(6-9-25-18)5-8-20-17(23)14-4-3-7-19-10-14;3-2(4,5)1(6)7/h3-4,7,10,15H,2,5-6,8-9,11-13H2,1H3,(H,20,23);(H,6,7). The molecule has 1 spiro atoms. The second kappa shape index (κ2) is 11.2. The summed E-state index contributed by atoms with van der Waals surface area (Å²) in [6.45, 7) is 5.12. The number of halogens is 3. The molecule has 12 heteroatoms. The smallest absolute Gasteiger partial charge is 0.475 e. The predicted molar refractivity (Wildman–Crippen MR) is 105 cm³/mol. The first-order valence-corrected chi connectivity index (χ1v) is 10.1. The minimum atomic E-state index is -5.08.